The minimum Gasteiger partial charge on any atom is -0.369 e. The number of hydrogen-bond acceptors (Lipinski definition) is 4. The lowest BCUT2D eigenvalue weighted by atomic mass is 9.92. The molecule has 0 radical (unpaired) electrons. The van der Waals surface area contributed by atoms with Gasteiger partial charge in [0.05, 0.1) is 12.4 Å². The second-order valence-corrected chi connectivity index (χ2v) is 6.23. The van der Waals surface area contributed by atoms with Crippen molar-refractivity contribution in [1.29, 1.82) is 10.8 Å². The van der Waals surface area contributed by atoms with E-state index in [0.717, 1.165) is 32.7 Å². The van der Waals surface area contributed by atoms with E-state index in [-0.39, 0.29) is 45.9 Å². The first kappa shape index (κ1) is 25.1. The highest BCUT2D eigenvalue weighted by molar-refractivity contribution is 8.93. The van der Waals surface area contributed by atoms with Gasteiger partial charge in [-0.3, -0.25) is 10.8 Å². The first-order chi connectivity index (χ1) is 13.4. The molecule has 0 aliphatic heterocycles. The number of hydrazone groups is 2. The fraction of sp³-hybridized carbons (Fsp3) is 0.100. The van der Waals surface area contributed by atoms with Crippen LogP contribution in [-0.4, -0.2) is 48.5 Å². The first-order valence-electron chi connectivity index (χ1n) is 8.57. The normalized spacial score (nSPS) is 10.7. The van der Waals surface area contributed by atoms with E-state index in [1.165, 1.54) is 10.0 Å². The van der Waals surface area contributed by atoms with Crippen molar-refractivity contribution in [3.63, 3.8) is 0 Å². The van der Waals surface area contributed by atoms with Gasteiger partial charge in [0.2, 0.25) is 11.9 Å². The van der Waals surface area contributed by atoms with Gasteiger partial charge in [-0.25, -0.2) is 10.0 Å². The van der Waals surface area contributed by atoms with E-state index in [1.807, 2.05) is 48.5 Å². The molecule has 0 aliphatic carbocycles. The Morgan fingerprint density at radius 2 is 0.967 bits per heavy atom. The fourth-order valence-electron chi connectivity index (χ4n) is 2.89. The van der Waals surface area contributed by atoms with Crippen LogP contribution in [0.25, 0.3) is 21.5 Å². The van der Waals surface area contributed by atoms with Crippen LogP contribution in [0.5, 0.6) is 0 Å². The Morgan fingerprint density at radius 3 is 1.20 bits per heavy atom. The quantitative estimate of drug-likeness (QED) is 0.176. The second kappa shape index (κ2) is 10.7. The molecular weight excluding hydrogens is 512 g/mol. The maximum atomic E-state index is 7.50. The van der Waals surface area contributed by atoms with Crippen molar-refractivity contribution in [3.8, 4) is 0 Å². The summed E-state index contributed by atoms with van der Waals surface area (Å²) in [5.41, 5.74) is 12.8. The standard InChI is InChI=1S/C20H22N8.2BrH/c1-27(19(21)22)25-11-17-13-7-3-5-9-15(13)18(12-26-28(2)20(23)24)16-10-6-4-8-14(16)17;;/h3-12H,1-2H3,(H3,21,22)(H3,23,24);2*1H. The molecule has 0 saturated heterocycles. The number of guanidine groups is 2. The van der Waals surface area contributed by atoms with E-state index in [1.54, 1.807) is 26.5 Å². The molecule has 30 heavy (non-hydrogen) atoms. The van der Waals surface area contributed by atoms with Crippen LogP contribution in [0.1, 0.15) is 11.1 Å². The van der Waals surface area contributed by atoms with E-state index in [0.29, 0.717) is 0 Å². The minimum absolute atomic E-state index is 0. The van der Waals surface area contributed by atoms with Gasteiger partial charge in [-0.2, -0.15) is 10.2 Å². The summed E-state index contributed by atoms with van der Waals surface area (Å²) in [6.07, 6.45) is 3.43. The lowest BCUT2D eigenvalue weighted by molar-refractivity contribution is 0.536. The van der Waals surface area contributed by atoms with Crippen LogP contribution in [0.4, 0.5) is 0 Å². The highest BCUT2D eigenvalue weighted by Gasteiger charge is 2.12. The monoisotopic (exact) mass is 534 g/mol. The smallest absolute Gasteiger partial charge is 0.208 e. The molecule has 10 heteroatoms. The molecular formula is C20H24Br2N8. The van der Waals surface area contributed by atoms with Crippen LogP contribution in [0, 0.1) is 10.8 Å². The number of fused-ring (bicyclic) bond motifs is 2. The van der Waals surface area contributed by atoms with Crippen molar-refractivity contribution in [1.82, 2.24) is 10.0 Å². The first-order valence-corrected chi connectivity index (χ1v) is 8.57. The van der Waals surface area contributed by atoms with Crippen LogP contribution in [-0.2, 0) is 0 Å². The molecule has 3 rings (SSSR count). The fourth-order valence-corrected chi connectivity index (χ4v) is 2.89. The molecule has 158 valence electrons. The lowest BCUT2D eigenvalue weighted by Crippen LogP contribution is -2.28. The molecule has 6 N–H and O–H groups in total. The molecule has 3 aromatic rings. The maximum absolute atomic E-state index is 7.50. The molecule has 3 aromatic carbocycles. The maximum Gasteiger partial charge on any atom is 0.208 e. The molecule has 8 nitrogen and oxygen atoms in total. The molecule has 0 unspecified atom stereocenters. The third kappa shape index (κ3) is 5.14. The summed E-state index contributed by atoms with van der Waals surface area (Å²) >= 11 is 0. The molecule has 0 saturated carbocycles. The Balaban J connectivity index is 0.00000225. The molecule has 0 fully saturated rings. The van der Waals surface area contributed by atoms with E-state index >= 15 is 0 Å². The summed E-state index contributed by atoms with van der Waals surface area (Å²) in [6, 6.07) is 15.9. The lowest BCUT2D eigenvalue weighted by Gasteiger charge is -2.14. The molecule has 0 spiro atoms. The van der Waals surface area contributed by atoms with Crippen LogP contribution >= 0.6 is 34.0 Å². The average Bonchev–Trinajstić information content (AvgIpc) is 2.69. The van der Waals surface area contributed by atoms with Gasteiger partial charge in [-0.1, -0.05) is 48.5 Å². The summed E-state index contributed by atoms with van der Waals surface area (Å²) in [6.45, 7) is 0. The predicted octanol–water partition coefficient (Wildman–Crippen LogP) is 3.47. The molecule has 0 aromatic heterocycles. The van der Waals surface area contributed by atoms with Crippen LogP contribution in [0.2, 0.25) is 0 Å². The van der Waals surface area contributed by atoms with E-state index in [9.17, 15) is 0 Å². The Morgan fingerprint density at radius 1 is 0.700 bits per heavy atom. The van der Waals surface area contributed by atoms with Crippen molar-refractivity contribution >= 4 is 79.9 Å². The number of nitrogens with zero attached hydrogens (tertiary/aromatic N) is 4. The molecule has 0 aliphatic rings. The van der Waals surface area contributed by atoms with Crippen molar-refractivity contribution < 1.29 is 0 Å². The third-order valence-corrected chi connectivity index (χ3v) is 4.43. The summed E-state index contributed by atoms with van der Waals surface area (Å²) < 4.78 is 0. The van der Waals surface area contributed by atoms with Gasteiger partial charge in [0.15, 0.2) is 0 Å². The summed E-state index contributed by atoms with van der Waals surface area (Å²) in [5, 5.41) is 30.2. The highest BCUT2D eigenvalue weighted by atomic mass is 79.9. The van der Waals surface area contributed by atoms with E-state index < -0.39 is 0 Å². The number of halogens is 2. The van der Waals surface area contributed by atoms with E-state index in [4.69, 9.17) is 22.3 Å². The molecule has 0 bridgehead atoms. The van der Waals surface area contributed by atoms with Crippen molar-refractivity contribution in [2.24, 2.45) is 21.7 Å². The van der Waals surface area contributed by atoms with Crippen molar-refractivity contribution in [3.05, 3.63) is 59.7 Å². The van der Waals surface area contributed by atoms with Gasteiger partial charge in [0.25, 0.3) is 0 Å². The average molecular weight is 536 g/mol. The van der Waals surface area contributed by atoms with Gasteiger partial charge < -0.3 is 11.5 Å². The SMILES string of the molecule is Br.Br.CN(N=Cc1c2ccccc2c(C=NN(C)C(=N)N)c2ccccc12)C(=N)N. The Hall–Kier alpha value is -2.98. The number of nitrogens with two attached hydrogens (primary N) is 2. The largest absolute Gasteiger partial charge is 0.369 e. The van der Waals surface area contributed by atoms with Crippen molar-refractivity contribution in [2.75, 3.05) is 14.1 Å². The molecule has 0 heterocycles. The molecule has 0 atom stereocenters. The van der Waals surface area contributed by atoms with E-state index in [2.05, 4.69) is 10.2 Å². The second-order valence-electron chi connectivity index (χ2n) is 6.23. The summed E-state index contributed by atoms with van der Waals surface area (Å²) in [4.78, 5) is 0. The minimum atomic E-state index is -0.138. The number of hydrogen-bond donors (Lipinski definition) is 4. The third-order valence-electron chi connectivity index (χ3n) is 4.43. The van der Waals surface area contributed by atoms with Gasteiger partial charge in [0, 0.05) is 25.2 Å². The van der Waals surface area contributed by atoms with Gasteiger partial charge >= 0.3 is 0 Å². The zero-order valence-corrected chi connectivity index (χ0v) is 20.0. The van der Waals surface area contributed by atoms with Gasteiger partial charge in [-0.15, -0.1) is 34.0 Å². The number of benzene rings is 3. The molecule has 0 amide bonds. The van der Waals surface area contributed by atoms with Crippen LogP contribution in [0.3, 0.4) is 0 Å². The van der Waals surface area contributed by atoms with Gasteiger partial charge in [0.1, 0.15) is 0 Å². The topological polar surface area (TPSA) is 131 Å². The van der Waals surface area contributed by atoms with Crippen LogP contribution in [0.15, 0.2) is 58.7 Å². The Bertz CT molecular complexity index is 981. The Labute approximate surface area is 195 Å². The van der Waals surface area contributed by atoms with Crippen LogP contribution < -0.4 is 11.5 Å². The zero-order chi connectivity index (χ0) is 20.3. The zero-order valence-electron chi connectivity index (χ0n) is 16.5. The number of nitrogens with one attached hydrogen (secondary N) is 2. The van der Waals surface area contributed by atoms with Gasteiger partial charge in [-0.05, 0) is 21.5 Å². The predicted molar refractivity (Wildman–Crippen MR) is 137 cm³/mol. The summed E-state index contributed by atoms with van der Waals surface area (Å²) in [7, 11) is 3.25. The highest BCUT2D eigenvalue weighted by Crippen LogP contribution is 2.31. The Kier molecular flexibility index (Phi) is 8.94. The number of rotatable bonds is 4. The summed E-state index contributed by atoms with van der Waals surface area (Å²) in [5.74, 6) is -0.276. The van der Waals surface area contributed by atoms with Crippen molar-refractivity contribution in [2.45, 2.75) is 0 Å².